The molecule has 0 bridgehead atoms. The number of pyridine rings is 1. The van der Waals surface area contributed by atoms with E-state index in [1.807, 2.05) is 0 Å². The number of nitrogens with zero attached hydrogens (tertiary/aromatic N) is 1. The molecule has 0 aliphatic carbocycles. The molecular weight excluding hydrogens is 228 g/mol. The van der Waals surface area contributed by atoms with E-state index < -0.39 is 24.6 Å². The van der Waals surface area contributed by atoms with Gasteiger partial charge in [-0.2, -0.15) is 0 Å². The van der Waals surface area contributed by atoms with E-state index in [9.17, 15) is 9.59 Å². The van der Waals surface area contributed by atoms with Gasteiger partial charge in [0.05, 0.1) is 0 Å². The molecule has 0 saturated carbocycles. The fraction of sp³-hybridized carbons (Fsp3) is 0.300. The van der Waals surface area contributed by atoms with Gasteiger partial charge in [-0.25, -0.2) is 9.78 Å². The van der Waals surface area contributed by atoms with E-state index in [1.165, 1.54) is 12.3 Å². The fourth-order valence-corrected chi connectivity index (χ4v) is 1.13. The number of carboxylic acid groups (broad SMARTS) is 2. The molecule has 1 rings (SSSR count). The Morgan fingerprint density at radius 1 is 1.47 bits per heavy atom. The van der Waals surface area contributed by atoms with Crippen molar-refractivity contribution in [1.29, 1.82) is 0 Å². The lowest BCUT2D eigenvalue weighted by Gasteiger charge is -2.07. The first-order chi connectivity index (χ1) is 7.99. The van der Waals surface area contributed by atoms with Gasteiger partial charge in [-0.15, -0.1) is 0 Å². The largest absolute Gasteiger partial charge is 0.480 e. The number of rotatable bonds is 6. The Bertz CT molecular complexity index is 421. The highest BCUT2D eigenvalue weighted by Crippen LogP contribution is 2.10. The number of nitrogens with two attached hydrogens (primary N) is 1. The normalized spacial score (nSPS) is 11.8. The van der Waals surface area contributed by atoms with Gasteiger partial charge < -0.3 is 20.7 Å². The van der Waals surface area contributed by atoms with Crippen LogP contribution in [0.4, 0.5) is 0 Å². The Labute approximate surface area is 96.8 Å². The third-order valence-corrected chi connectivity index (χ3v) is 1.92. The van der Waals surface area contributed by atoms with E-state index in [0.29, 0.717) is 5.56 Å². The van der Waals surface area contributed by atoms with Crippen LogP contribution in [0.3, 0.4) is 0 Å². The maximum atomic E-state index is 10.6. The summed E-state index contributed by atoms with van der Waals surface area (Å²) in [5.41, 5.74) is 5.99. The van der Waals surface area contributed by atoms with Crippen molar-refractivity contribution in [2.75, 3.05) is 6.61 Å². The molecule has 0 aliphatic heterocycles. The Balaban J connectivity index is 2.65. The van der Waals surface area contributed by atoms with Crippen LogP contribution in [0.25, 0.3) is 0 Å². The molecule has 7 heteroatoms. The van der Waals surface area contributed by atoms with Crippen molar-refractivity contribution in [3.8, 4) is 5.88 Å². The Morgan fingerprint density at radius 3 is 2.76 bits per heavy atom. The number of carbonyl (C=O) groups is 2. The quantitative estimate of drug-likeness (QED) is 0.612. The number of hydrogen-bond donors (Lipinski definition) is 3. The lowest BCUT2D eigenvalue weighted by atomic mass is 10.1. The van der Waals surface area contributed by atoms with Gasteiger partial charge in [0.25, 0.3) is 0 Å². The topological polar surface area (TPSA) is 123 Å². The minimum Gasteiger partial charge on any atom is -0.480 e. The molecule has 1 atom stereocenters. The summed E-state index contributed by atoms with van der Waals surface area (Å²) < 4.78 is 4.85. The molecule has 0 aliphatic rings. The van der Waals surface area contributed by atoms with Crippen LogP contribution in [0.2, 0.25) is 0 Å². The predicted octanol–water partition coefficient (Wildman–Crippen LogP) is -0.501. The summed E-state index contributed by atoms with van der Waals surface area (Å²) >= 11 is 0. The molecule has 7 nitrogen and oxygen atoms in total. The Kier molecular flexibility index (Phi) is 4.41. The van der Waals surface area contributed by atoms with E-state index in [2.05, 4.69) is 4.98 Å². The van der Waals surface area contributed by atoms with Gasteiger partial charge in [0.1, 0.15) is 6.04 Å². The van der Waals surface area contributed by atoms with E-state index in [-0.39, 0.29) is 12.3 Å². The average Bonchev–Trinajstić information content (AvgIpc) is 2.26. The molecule has 1 heterocycles. The summed E-state index contributed by atoms with van der Waals surface area (Å²) in [4.78, 5) is 24.6. The van der Waals surface area contributed by atoms with Crippen LogP contribution in [-0.4, -0.2) is 39.8 Å². The zero-order chi connectivity index (χ0) is 12.8. The van der Waals surface area contributed by atoms with Crippen molar-refractivity contribution in [3.05, 3.63) is 23.9 Å². The molecule has 1 aromatic rings. The molecule has 0 unspecified atom stereocenters. The van der Waals surface area contributed by atoms with Crippen LogP contribution < -0.4 is 10.5 Å². The second kappa shape index (κ2) is 5.80. The van der Waals surface area contributed by atoms with Crippen LogP contribution in [0.15, 0.2) is 18.3 Å². The van der Waals surface area contributed by atoms with Crippen LogP contribution in [0, 0.1) is 0 Å². The van der Waals surface area contributed by atoms with Crippen molar-refractivity contribution < 1.29 is 24.5 Å². The monoisotopic (exact) mass is 240 g/mol. The zero-order valence-electron chi connectivity index (χ0n) is 8.87. The lowest BCUT2D eigenvalue weighted by Crippen LogP contribution is -2.32. The molecule has 17 heavy (non-hydrogen) atoms. The minimum atomic E-state index is -1.11. The molecular formula is C10H12N2O5. The smallest absolute Gasteiger partial charge is 0.341 e. The first-order valence-corrected chi connectivity index (χ1v) is 4.77. The van der Waals surface area contributed by atoms with Gasteiger partial charge in [-0.3, -0.25) is 4.79 Å². The van der Waals surface area contributed by atoms with E-state index in [0.717, 1.165) is 0 Å². The molecule has 0 fully saturated rings. The molecule has 4 N–H and O–H groups in total. The predicted molar refractivity (Wildman–Crippen MR) is 56.7 cm³/mol. The number of hydrogen-bond acceptors (Lipinski definition) is 5. The third-order valence-electron chi connectivity index (χ3n) is 1.92. The number of carboxylic acids is 2. The van der Waals surface area contributed by atoms with Gasteiger partial charge in [-0.1, -0.05) is 0 Å². The molecule has 1 aromatic heterocycles. The van der Waals surface area contributed by atoms with E-state index in [1.54, 1.807) is 6.07 Å². The molecule has 0 saturated heterocycles. The second-order valence-electron chi connectivity index (χ2n) is 3.33. The Morgan fingerprint density at radius 2 is 2.18 bits per heavy atom. The molecule has 0 spiro atoms. The van der Waals surface area contributed by atoms with Crippen LogP contribution in [-0.2, 0) is 16.0 Å². The van der Waals surface area contributed by atoms with Crippen LogP contribution >= 0.6 is 0 Å². The van der Waals surface area contributed by atoms with Gasteiger partial charge in [-0.05, 0) is 18.1 Å². The van der Waals surface area contributed by atoms with Crippen molar-refractivity contribution in [1.82, 2.24) is 4.98 Å². The van der Waals surface area contributed by atoms with Gasteiger partial charge in [0, 0.05) is 12.3 Å². The maximum Gasteiger partial charge on any atom is 0.341 e. The standard InChI is InChI=1S/C10H12N2O5/c11-7(10(15)16)3-6-1-2-12-8(4-6)17-5-9(13)14/h1-2,4,7H,3,5,11H2,(H,13,14)(H,15,16)/t7-/m0/s1. The number of aliphatic carboxylic acids is 2. The fourth-order valence-electron chi connectivity index (χ4n) is 1.13. The van der Waals surface area contributed by atoms with Gasteiger partial charge in [0.15, 0.2) is 6.61 Å². The summed E-state index contributed by atoms with van der Waals surface area (Å²) in [6.07, 6.45) is 1.53. The van der Waals surface area contributed by atoms with Gasteiger partial charge in [0.2, 0.25) is 5.88 Å². The molecule has 0 aromatic carbocycles. The van der Waals surface area contributed by atoms with Crippen LogP contribution in [0.5, 0.6) is 5.88 Å². The Hall–Kier alpha value is -2.15. The van der Waals surface area contributed by atoms with E-state index >= 15 is 0 Å². The average molecular weight is 240 g/mol. The van der Waals surface area contributed by atoms with E-state index in [4.69, 9.17) is 20.7 Å². The van der Waals surface area contributed by atoms with Gasteiger partial charge >= 0.3 is 11.9 Å². The third kappa shape index (κ3) is 4.47. The summed E-state index contributed by atoms with van der Waals surface area (Å²) in [7, 11) is 0. The highest BCUT2D eigenvalue weighted by atomic mass is 16.5. The minimum absolute atomic E-state index is 0.126. The summed E-state index contributed by atoms with van der Waals surface area (Å²) in [6.45, 7) is -0.499. The van der Waals surface area contributed by atoms with Crippen molar-refractivity contribution in [2.24, 2.45) is 5.73 Å². The molecule has 0 radical (unpaired) electrons. The van der Waals surface area contributed by atoms with Crippen LogP contribution in [0.1, 0.15) is 5.56 Å². The van der Waals surface area contributed by atoms with Crippen molar-refractivity contribution in [2.45, 2.75) is 12.5 Å². The maximum absolute atomic E-state index is 10.6. The SMILES string of the molecule is N[C@@H](Cc1ccnc(OCC(=O)O)c1)C(=O)O. The number of ether oxygens (including phenoxy) is 1. The first kappa shape index (κ1) is 12.9. The summed E-state index contributed by atoms with van der Waals surface area (Å²) in [5.74, 6) is -2.09. The molecule has 92 valence electrons. The lowest BCUT2D eigenvalue weighted by molar-refractivity contribution is -0.139. The first-order valence-electron chi connectivity index (χ1n) is 4.77. The highest BCUT2D eigenvalue weighted by molar-refractivity contribution is 5.73. The van der Waals surface area contributed by atoms with Crippen molar-refractivity contribution in [3.63, 3.8) is 0 Å². The second-order valence-corrected chi connectivity index (χ2v) is 3.33. The van der Waals surface area contributed by atoms with Crippen molar-refractivity contribution >= 4 is 11.9 Å². The highest BCUT2D eigenvalue weighted by Gasteiger charge is 2.12. The number of aromatic nitrogens is 1. The molecule has 0 amide bonds. The zero-order valence-corrected chi connectivity index (χ0v) is 8.87. The summed E-state index contributed by atoms with van der Waals surface area (Å²) in [5, 5.41) is 17.1. The summed E-state index contributed by atoms with van der Waals surface area (Å²) in [6, 6.07) is 2.05.